The first-order chi connectivity index (χ1) is 14.1. The van der Waals surface area contributed by atoms with Crippen LogP contribution in [0.1, 0.15) is 27.2 Å². The van der Waals surface area contributed by atoms with Gasteiger partial charge in [-0.25, -0.2) is 4.79 Å². The Labute approximate surface area is 178 Å². The van der Waals surface area contributed by atoms with E-state index in [1.54, 1.807) is 0 Å². The minimum absolute atomic E-state index is 0.00866. The molecule has 0 aliphatic carbocycles. The van der Waals surface area contributed by atoms with Crippen molar-refractivity contribution in [1.29, 1.82) is 0 Å². The van der Waals surface area contributed by atoms with Crippen LogP contribution in [0.3, 0.4) is 0 Å². The zero-order chi connectivity index (χ0) is 21.9. The second-order valence-electron chi connectivity index (χ2n) is 8.86. The summed E-state index contributed by atoms with van der Waals surface area (Å²) in [6.45, 7) is 6.60. The summed E-state index contributed by atoms with van der Waals surface area (Å²) in [7, 11) is -2.88. The van der Waals surface area contributed by atoms with E-state index in [0.717, 1.165) is 10.4 Å². The van der Waals surface area contributed by atoms with Gasteiger partial charge < -0.3 is 19.5 Å². The molecule has 7 heteroatoms. The van der Waals surface area contributed by atoms with Crippen LogP contribution in [0, 0.1) is 5.92 Å². The van der Waals surface area contributed by atoms with Crippen LogP contribution in [0.4, 0.5) is 4.79 Å². The van der Waals surface area contributed by atoms with Crippen molar-refractivity contribution in [2.24, 2.45) is 5.92 Å². The van der Waals surface area contributed by atoms with Crippen LogP contribution in [0.5, 0.6) is 0 Å². The first-order valence-electron chi connectivity index (χ1n) is 10.1. The minimum Gasteiger partial charge on any atom is -0.481 e. The maximum atomic E-state index is 11.7. The van der Waals surface area contributed by atoms with E-state index in [1.165, 1.54) is 4.90 Å². The molecule has 2 aromatic carbocycles. The highest BCUT2D eigenvalue weighted by atomic mass is 28.4. The van der Waals surface area contributed by atoms with Crippen molar-refractivity contribution in [3.05, 3.63) is 60.7 Å². The fourth-order valence-electron chi connectivity index (χ4n) is 4.41. The molecule has 0 spiro atoms. The van der Waals surface area contributed by atoms with Crippen LogP contribution in [-0.4, -0.2) is 54.7 Å². The summed E-state index contributed by atoms with van der Waals surface area (Å²) in [5.74, 6) is -1.77. The number of hydrogen-bond donors (Lipinski definition) is 2. The van der Waals surface area contributed by atoms with Crippen molar-refractivity contribution in [3.63, 3.8) is 0 Å². The van der Waals surface area contributed by atoms with E-state index in [1.807, 2.05) is 36.4 Å². The number of carbonyl (C=O) groups is 2. The van der Waals surface area contributed by atoms with E-state index in [4.69, 9.17) is 4.43 Å². The number of piperidine rings is 1. The predicted molar refractivity (Wildman–Crippen MR) is 118 cm³/mol. The van der Waals surface area contributed by atoms with Crippen molar-refractivity contribution in [3.8, 4) is 0 Å². The second kappa shape index (κ2) is 8.61. The summed E-state index contributed by atoms with van der Waals surface area (Å²) in [5, 5.41) is 21.0. The van der Waals surface area contributed by atoms with Crippen LogP contribution in [0.2, 0.25) is 5.04 Å². The third-order valence-electron chi connectivity index (χ3n) is 5.79. The highest BCUT2D eigenvalue weighted by molar-refractivity contribution is 6.99. The van der Waals surface area contributed by atoms with Crippen LogP contribution >= 0.6 is 0 Å². The lowest BCUT2D eigenvalue weighted by molar-refractivity contribution is -0.144. The minimum atomic E-state index is -2.88. The van der Waals surface area contributed by atoms with Gasteiger partial charge in [0.05, 0.1) is 12.0 Å². The Morgan fingerprint density at radius 3 is 1.83 bits per heavy atom. The predicted octanol–water partition coefficient (Wildman–Crippen LogP) is 3.02. The molecule has 2 atom stereocenters. The molecule has 6 nitrogen and oxygen atoms in total. The number of carboxylic acid groups (broad SMARTS) is 2. The van der Waals surface area contributed by atoms with Crippen molar-refractivity contribution in [2.75, 3.05) is 13.1 Å². The second-order valence-corrected chi connectivity index (χ2v) is 13.1. The summed E-state index contributed by atoms with van der Waals surface area (Å²) >= 11 is 0. The Morgan fingerprint density at radius 2 is 1.43 bits per heavy atom. The largest absolute Gasteiger partial charge is 0.481 e. The number of hydrogen-bond acceptors (Lipinski definition) is 3. The zero-order valence-corrected chi connectivity index (χ0v) is 18.6. The van der Waals surface area contributed by atoms with Gasteiger partial charge in [0, 0.05) is 13.1 Å². The van der Waals surface area contributed by atoms with E-state index in [0.29, 0.717) is 6.42 Å². The lowest BCUT2D eigenvalue weighted by atomic mass is 9.96. The van der Waals surface area contributed by atoms with Crippen molar-refractivity contribution in [1.82, 2.24) is 4.90 Å². The molecule has 2 aromatic rings. The Balaban J connectivity index is 2.11. The monoisotopic (exact) mass is 427 g/mol. The summed E-state index contributed by atoms with van der Waals surface area (Å²) < 4.78 is 6.95. The summed E-state index contributed by atoms with van der Waals surface area (Å²) in [6, 6.07) is 20.1. The fourth-order valence-corrected chi connectivity index (χ4v) is 9.10. The van der Waals surface area contributed by atoms with E-state index in [-0.39, 0.29) is 18.1 Å². The smallest absolute Gasteiger partial charge is 0.407 e. The molecule has 30 heavy (non-hydrogen) atoms. The van der Waals surface area contributed by atoms with E-state index in [2.05, 4.69) is 45.0 Å². The van der Waals surface area contributed by atoms with Crippen LogP contribution < -0.4 is 10.4 Å². The fraction of sp³-hybridized carbons (Fsp3) is 0.391. The van der Waals surface area contributed by atoms with Crippen LogP contribution in [0.15, 0.2) is 60.7 Å². The molecule has 0 bridgehead atoms. The molecular weight excluding hydrogens is 398 g/mol. The summed E-state index contributed by atoms with van der Waals surface area (Å²) in [4.78, 5) is 24.5. The van der Waals surface area contributed by atoms with Gasteiger partial charge in [-0.1, -0.05) is 81.4 Å². The number of rotatable bonds is 5. The molecule has 1 fully saturated rings. The van der Waals surface area contributed by atoms with Gasteiger partial charge >= 0.3 is 12.1 Å². The first-order valence-corrected chi connectivity index (χ1v) is 12.1. The molecule has 1 aliphatic heterocycles. The summed E-state index contributed by atoms with van der Waals surface area (Å²) in [5.41, 5.74) is 0. The SMILES string of the molecule is CC(C)(C)[Si](O[C@H]1C[C@@H](C(=O)O)CN(C(=O)O)C1)(c1ccccc1)c1ccccc1. The normalized spacial score (nSPS) is 20.0. The Kier molecular flexibility index (Phi) is 6.33. The summed E-state index contributed by atoms with van der Waals surface area (Å²) in [6.07, 6.45) is -1.32. The van der Waals surface area contributed by atoms with Gasteiger partial charge in [-0.15, -0.1) is 0 Å². The molecule has 0 radical (unpaired) electrons. The zero-order valence-electron chi connectivity index (χ0n) is 17.6. The molecule has 3 rings (SSSR count). The van der Waals surface area contributed by atoms with Crippen LogP contribution in [0.25, 0.3) is 0 Å². The van der Waals surface area contributed by atoms with Crippen molar-refractivity contribution < 1.29 is 24.2 Å². The van der Waals surface area contributed by atoms with Crippen LogP contribution in [-0.2, 0) is 9.22 Å². The first kappa shape index (κ1) is 22.1. The molecular formula is C23H29NO5Si. The third kappa shape index (κ3) is 4.27. The molecule has 2 N–H and O–H groups in total. The topological polar surface area (TPSA) is 87.1 Å². The molecule has 1 aliphatic rings. The van der Waals surface area contributed by atoms with Gasteiger partial charge in [-0.3, -0.25) is 4.79 Å². The third-order valence-corrected chi connectivity index (χ3v) is 10.9. The lowest BCUT2D eigenvalue weighted by Gasteiger charge is -2.47. The van der Waals surface area contributed by atoms with Gasteiger partial charge in [-0.2, -0.15) is 0 Å². The number of benzene rings is 2. The van der Waals surface area contributed by atoms with Gasteiger partial charge in [0.1, 0.15) is 0 Å². The van der Waals surface area contributed by atoms with Gasteiger partial charge in [0.2, 0.25) is 0 Å². The van der Waals surface area contributed by atoms with Gasteiger partial charge in [0.25, 0.3) is 8.32 Å². The number of likely N-dealkylation sites (tertiary alicyclic amines) is 1. The number of amides is 1. The van der Waals surface area contributed by atoms with Crippen molar-refractivity contribution in [2.45, 2.75) is 38.3 Å². The van der Waals surface area contributed by atoms with Gasteiger partial charge in [-0.05, 0) is 21.8 Å². The molecule has 160 valence electrons. The maximum absolute atomic E-state index is 11.7. The number of nitrogens with zero attached hydrogens (tertiary/aromatic N) is 1. The number of carboxylic acids is 1. The number of aliphatic carboxylic acids is 1. The van der Waals surface area contributed by atoms with E-state index >= 15 is 0 Å². The molecule has 1 heterocycles. The quantitative estimate of drug-likeness (QED) is 0.717. The molecule has 0 unspecified atom stereocenters. The molecule has 0 saturated carbocycles. The van der Waals surface area contributed by atoms with Gasteiger partial charge in [0.15, 0.2) is 0 Å². The average molecular weight is 428 g/mol. The Bertz CT molecular complexity index is 820. The Hall–Kier alpha value is -2.64. The molecule has 1 amide bonds. The lowest BCUT2D eigenvalue weighted by Crippen LogP contribution is -2.69. The van der Waals surface area contributed by atoms with Crippen molar-refractivity contribution >= 4 is 30.8 Å². The maximum Gasteiger partial charge on any atom is 0.407 e. The molecule has 0 aromatic heterocycles. The van der Waals surface area contributed by atoms with E-state index < -0.39 is 32.4 Å². The standard InChI is InChI=1S/C23H29NO5Si/c1-23(2,3)30(19-10-6-4-7-11-19,20-12-8-5-9-13-20)29-18-14-17(21(25)26)15-24(16-18)22(27)28/h4-13,17-18H,14-16H2,1-3H3,(H,25,26)(H,27,28)/t17-,18+/m1/s1. The molecule has 1 saturated heterocycles. The average Bonchev–Trinajstić information content (AvgIpc) is 2.72. The highest BCUT2D eigenvalue weighted by Gasteiger charge is 2.52. The Morgan fingerprint density at radius 1 is 0.933 bits per heavy atom. The highest BCUT2D eigenvalue weighted by Crippen LogP contribution is 2.38. The van der Waals surface area contributed by atoms with E-state index in [9.17, 15) is 19.8 Å².